The number of rotatable bonds is 2. The van der Waals surface area contributed by atoms with Crippen molar-refractivity contribution in [2.45, 2.75) is 19.8 Å². The normalized spacial score (nSPS) is 9.73. The summed E-state index contributed by atoms with van der Waals surface area (Å²) in [5, 5.41) is 17.2. The first kappa shape index (κ1) is 11.1. The number of aryl methyl sites for hydroxylation is 1. The summed E-state index contributed by atoms with van der Waals surface area (Å²) in [6.07, 6.45) is -1.70. The summed E-state index contributed by atoms with van der Waals surface area (Å²) in [6, 6.07) is 3.46. The molecule has 1 aromatic rings. The molecule has 5 heteroatoms. The molecule has 0 bridgehead atoms. The fourth-order valence-corrected chi connectivity index (χ4v) is 1.28. The Morgan fingerprint density at radius 1 is 1.47 bits per heavy atom. The highest BCUT2D eigenvalue weighted by atomic mass is 19.3. The molecule has 76 valence electrons. The Balaban J connectivity index is 3.45. The smallest absolute Gasteiger partial charge is 0.260 e. The molecule has 1 aromatic heterocycles. The van der Waals surface area contributed by atoms with E-state index in [4.69, 9.17) is 10.5 Å². The van der Waals surface area contributed by atoms with E-state index < -0.39 is 6.43 Å². The lowest BCUT2D eigenvalue weighted by molar-refractivity contribution is 0.150. The summed E-state index contributed by atoms with van der Waals surface area (Å²) < 4.78 is 25.4. The van der Waals surface area contributed by atoms with Gasteiger partial charge >= 0.3 is 0 Å². The van der Waals surface area contributed by atoms with E-state index in [-0.39, 0.29) is 28.8 Å². The number of nitriles is 2. The van der Waals surface area contributed by atoms with Crippen molar-refractivity contribution < 1.29 is 8.78 Å². The second kappa shape index (κ2) is 4.47. The van der Waals surface area contributed by atoms with Crippen molar-refractivity contribution in [1.82, 2.24) is 4.98 Å². The van der Waals surface area contributed by atoms with Crippen LogP contribution >= 0.6 is 0 Å². The van der Waals surface area contributed by atoms with Gasteiger partial charge in [-0.05, 0) is 12.5 Å². The van der Waals surface area contributed by atoms with Crippen LogP contribution in [0.1, 0.15) is 28.8 Å². The van der Waals surface area contributed by atoms with Gasteiger partial charge in [0.05, 0.1) is 23.7 Å². The summed E-state index contributed by atoms with van der Waals surface area (Å²) in [6.45, 7) is 1.49. The summed E-state index contributed by atoms with van der Waals surface area (Å²) in [7, 11) is 0. The van der Waals surface area contributed by atoms with Gasteiger partial charge in [0.2, 0.25) is 0 Å². The Bertz CT molecular complexity index is 455. The minimum absolute atomic E-state index is 0.120. The molecule has 1 rings (SSSR count). The molecule has 0 amide bonds. The molecule has 0 spiro atoms. The van der Waals surface area contributed by atoms with E-state index in [1.54, 1.807) is 12.1 Å². The maximum Gasteiger partial charge on any atom is 0.265 e. The van der Waals surface area contributed by atoms with Crippen LogP contribution in [0.3, 0.4) is 0 Å². The van der Waals surface area contributed by atoms with Gasteiger partial charge in [-0.1, -0.05) is 0 Å². The average Bonchev–Trinajstić information content (AvgIpc) is 2.20. The lowest BCUT2D eigenvalue weighted by Gasteiger charge is -2.09. The van der Waals surface area contributed by atoms with Gasteiger partial charge in [0.1, 0.15) is 6.07 Å². The van der Waals surface area contributed by atoms with Gasteiger partial charge in [-0.15, -0.1) is 0 Å². The fraction of sp³-hybridized carbons (Fsp3) is 0.300. The van der Waals surface area contributed by atoms with Gasteiger partial charge in [-0.25, -0.2) is 8.78 Å². The first-order chi connectivity index (χ1) is 7.11. The van der Waals surface area contributed by atoms with E-state index in [0.717, 1.165) is 0 Å². The highest BCUT2D eigenvalue weighted by Crippen LogP contribution is 2.27. The maximum atomic E-state index is 12.7. The molecule has 0 saturated carbocycles. The molecule has 1 heterocycles. The van der Waals surface area contributed by atoms with Crippen molar-refractivity contribution >= 4 is 0 Å². The minimum Gasteiger partial charge on any atom is -0.260 e. The monoisotopic (exact) mass is 207 g/mol. The molecule has 0 aliphatic rings. The Morgan fingerprint density at radius 2 is 2.13 bits per heavy atom. The minimum atomic E-state index is -2.76. The second-order valence-corrected chi connectivity index (χ2v) is 2.90. The topological polar surface area (TPSA) is 60.5 Å². The molecule has 0 saturated heterocycles. The van der Waals surface area contributed by atoms with Crippen LogP contribution < -0.4 is 0 Å². The van der Waals surface area contributed by atoms with Crippen LogP contribution in [0, 0.1) is 29.6 Å². The van der Waals surface area contributed by atoms with E-state index in [2.05, 4.69) is 4.98 Å². The lowest BCUT2D eigenvalue weighted by atomic mass is 10.0. The van der Waals surface area contributed by atoms with Crippen molar-refractivity contribution in [2.24, 2.45) is 0 Å². The highest BCUT2D eigenvalue weighted by Gasteiger charge is 2.20. The van der Waals surface area contributed by atoms with E-state index in [0.29, 0.717) is 0 Å². The van der Waals surface area contributed by atoms with Crippen molar-refractivity contribution in [1.29, 1.82) is 10.5 Å². The molecule has 0 aliphatic carbocycles. The number of hydrogen-bond donors (Lipinski definition) is 0. The Morgan fingerprint density at radius 3 is 2.60 bits per heavy atom. The van der Waals surface area contributed by atoms with Crippen LogP contribution in [0.15, 0.2) is 6.20 Å². The van der Waals surface area contributed by atoms with Gasteiger partial charge in [0.25, 0.3) is 6.43 Å². The Labute approximate surface area is 85.6 Å². The zero-order valence-electron chi connectivity index (χ0n) is 7.96. The van der Waals surface area contributed by atoms with Crippen LogP contribution in [0.25, 0.3) is 0 Å². The molecule has 0 atom stereocenters. The zero-order valence-corrected chi connectivity index (χ0v) is 7.96. The Hall–Kier alpha value is -2.01. The third-order valence-electron chi connectivity index (χ3n) is 1.99. The standard InChI is InChI=1S/C10H7F2N3/c1-6-8(4-14)9(10(11)12)7(2-3-13)5-15-6/h5,10H,2H2,1H3. The van der Waals surface area contributed by atoms with E-state index in [1.807, 2.05) is 0 Å². The summed E-state index contributed by atoms with van der Waals surface area (Å²) in [4.78, 5) is 3.80. The molecule has 3 nitrogen and oxygen atoms in total. The zero-order chi connectivity index (χ0) is 11.4. The van der Waals surface area contributed by atoms with E-state index in [1.165, 1.54) is 13.1 Å². The number of alkyl halides is 2. The molecule has 0 N–H and O–H groups in total. The number of halogens is 2. The van der Waals surface area contributed by atoms with Gasteiger partial charge in [0, 0.05) is 11.8 Å². The first-order valence-corrected chi connectivity index (χ1v) is 4.15. The average molecular weight is 207 g/mol. The molecular weight excluding hydrogens is 200 g/mol. The number of hydrogen-bond acceptors (Lipinski definition) is 3. The lowest BCUT2D eigenvalue weighted by Crippen LogP contribution is -2.02. The SMILES string of the molecule is Cc1ncc(CC#N)c(C(F)F)c1C#N. The molecule has 15 heavy (non-hydrogen) atoms. The highest BCUT2D eigenvalue weighted by molar-refractivity contribution is 5.46. The van der Waals surface area contributed by atoms with Crippen LogP contribution in [-0.4, -0.2) is 4.98 Å². The van der Waals surface area contributed by atoms with Gasteiger partial charge in [-0.2, -0.15) is 10.5 Å². The van der Waals surface area contributed by atoms with Crippen LogP contribution in [0.5, 0.6) is 0 Å². The molecule has 0 fully saturated rings. The molecule has 0 aliphatic heterocycles. The Kier molecular flexibility index (Phi) is 3.30. The van der Waals surface area contributed by atoms with Gasteiger partial charge in [-0.3, -0.25) is 4.98 Å². The molecule has 0 unspecified atom stereocenters. The van der Waals surface area contributed by atoms with Crippen molar-refractivity contribution in [3.8, 4) is 12.1 Å². The number of nitrogens with zero attached hydrogens (tertiary/aromatic N) is 3. The summed E-state index contributed by atoms with van der Waals surface area (Å²) in [5.41, 5.74) is -0.117. The van der Waals surface area contributed by atoms with Gasteiger partial charge < -0.3 is 0 Å². The van der Waals surface area contributed by atoms with E-state index >= 15 is 0 Å². The molecule has 0 aromatic carbocycles. The molecule has 0 radical (unpaired) electrons. The third-order valence-corrected chi connectivity index (χ3v) is 1.99. The first-order valence-electron chi connectivity index (χ1n) is 4.15. The number of aromatic nitrogens is 1. The summed E-state index contributed by atoms with van der Waals surface area (Å²) in [5.74, 6) is 0. The van der Waals surface area contributed by atoms with Gasteiger partial charge in [0.15, 0.2) is 0 Å². The predicted octanol–water partition coefficient (Wildman–Crippen LogP) is 2.27. The third kappa shape index (κ3) is 2.08. The number of pyridine rings is 1. The van der Waals surface area contributed by atoms with Crippen LogP contribution in [0.4, 0.5) is 8.78 Å². The molecular formula is C10H7F2N3. The second-order valence-electron chi connectivity index (χ2n) is 2.90. The van der Waals surface area contributed by atoms with Crippen molar-refractivity contribution in [3.63, 3.8) is 0 Å². The van der Waals surface area contributed by atoms with Crippen LogP contribution in [0.2, 0.25) is 0 Å². The maximum absolute atomic E-state index is 12.7. The fourth-order valence-electron chi connectivity index (χ4n) is 1.28. The van der Waals surface area contributed by atoms with E-state index in [9.17, 15) is 8.78 Å². The van der Waals surface area contributed by atoms with Crippen LogP contribution in [-0.2, 0) is 6.42 Å². The van der Waals surface area contributed by atoms with Crippen molar-refractivity contribution in [2.75, 3.05) is 0 Å². The quantitative estimate of drug-likeness (QED) is 0.747. The van der Waals surface area contributed by atoms with Crippen molar-refractivity contribution in [3.05, 3.63) is 28.6 Å². The largest absolute Gasteiger partial charge is 0.265 e. The summed E-state index contributed by atoms with van der Waals surface area (Å²) >= 11 is 0. The predicted molar refractivity (Wildman–Crippen MR) is 48.0 cm³/mol.